The molecule has 2 heterocycles. The van der Waals surface area contributed by atoms with Crippen LogP contribution in [0.15, 0.2) is 59.9 Å². The van der Waals surface area contributed by atoms with Crippen LogP contribution in [0.4, 0.5) is 5.69 Å². The van der Waals surface area contributed by atoms with E-state index in [9.17, 15) is 4.79 Å². The van der Waals surface area contributed by atoms with E-state index in [0.29, 0.717) is 22.2 Å². The highest BCUT2D eigenvalue weighted by molar-refractivity contribution is 8.00. The molecule has 1 aliphatic carbocycles. The number of hydrogen-bond donors (Lipinski definition) is 1. The lowest BCUT2D eigenvalue weighted by Crippen LogP contribution is -2.15. The number of benzene rings is 2. The first-order valence-electron chi connectivity index (χ1n) is 10.4. The number of amides is 1. The first kappa shape index (κ1) is 21.2. The first-order valence-corrected chi connectivity index (χ1v) is 12.6. The molecule has 8 heteroatoms. The van der Waals surface area contributed by atoms with Crippen molar-refractivity contribution in [1.29, 1.82) is 0 Å². The van der Waals surface area contributed by atoms with Crippen LogP contribution in [0, 0.1) is 0 Å². The second-order valence-electron chi connectivity index (χ2n) is 7.46. The molecule has 0 fully saturated rings. The lowest BCUT2D eigenvalue weighted by atomic mass is 9.97. The summed E-state index contributed by atoms with van der Waals surface area (Å²) in [5.74, 6) is 1.31. The number of rotatable bonds is 6. The van der Waals surface area contributed by atoms with Gasteiger partial charge in [0, 0.05) is 15.3 Å². The summed E-state index contributed by atoms with van der Waals surface area (Å²) in [6.45, 7) is 0. The number of para-hydroxylation sites is 1. The van der Waals surface area contributed by atoms with Gasteiger partial charge >= 0.3 is 0 Å². The molecule has 0 saturated carbocycles. The predicted octanol–water partition coefficient (Wildman–Crippen LogP) is 6.75. The molecule has 1 amide bonds. The highest BCUT2D eigenvalue weighted by Crippen LogP contribution is 2.39. The fourth-order valence-electron chi connectivity index (χ4n) is 3.80. The molecule has 0 saturated heterocycles. The van der Waals surface area contributed by atoms with E-state index in [-0.39, 0.29) is 11.7 Å². The highest BCUT2D eigenvalue weighted by Gasteiger charge is 2.20. The Balaban J connectivity index is 1.32. The van der Waals surface area contributed by atoms with E-state index in [1.54, 1.807) is 35.9 Å². The van der Waals surface area contributed by atoms with Gasteiger partial charge in [-0.15, -0.1) is 11.3 Å². The molecule has 162 valence electrons. The molecule has 2 aromatic heterocycles. The number of halogens is 1. The number of nitrogens with one attached hydrogen (secondary N) is 1. The van der Waals surface area contributed by atoms with E-state index in [0.717, 1.165) is 28.1 Å². The molecular weight excluding hydrogens is 462 g/mol. The Morgan fingerprint density at radius 3 is 2.84 bits per heavy atom. The summed E-state index contributed by atoms with van der Waals surface area (Å²) in [5.41, 5.74) is 1.90. The SMILES string of the molecule is O=C(CSc1ncnc2sc3c(c12)CCCC3)Nc1cc(Cl)ccc1Oc1ccccc1. The average Bonchev–Trinajstić information content (AvgIpc) is 3.19. The largest absolute Gasteiger partial charge is 0.455 e. The molecule has 1 N–H and O–H groups in total. The number of thiophene rings is 1. The van der Waals surface area contributed by atoms with Gasteiger partial charge in [-0.1, -0.05) is 41.6 Å². The minimum atomic E-state index is -0.147. The van der Waals surface area contributed by atoms with Gasteiger partial charge < -0.3 is 10.1 Å². The molecule has 4 aromatic rings. The summed E-state index contributed by atoms with van der Waals surface area (Å²) in [5, 5.41) is 5.46. The number of nitrogens with zero attached hydrogens (tertiary/aromatic N) is 2. The van der Waals surface area contributed by atoms with Crippen LogP contribution < -0.4 is 10.1 Å². The standard InChI is InChI=1S/C24H20ClN3O2S2/c25-15-10-11-19(30-16-6-2-1-3-7-16)18(12-15)28-21(29)13-31-23-22-17-8-4-5-9-20(17)32-24(22)27-14-26-23/h1-3,6-7,10-12,14H,4-5,8-9,13H2,(H,28,29). The molecule has 5 rings (SSSR count). The number of thioether (sulfide) groups is 1. The Kier molecular flexibility index (Phi) is 6.30. The van der Waals surface area contributed by atoms with E-state index in [1.165, 1.54) is 35.0 Å². The fraction of sp³-hybridized carbons (Fsp3) is 0.208. The van der Waals surface area contributed by atoms with Gasteiger partial charge in [-0.25, -0.2) is 9.97 Å². The third-order valence-corrected chi connectivity index (χ3v) is 7.67. The Morgan fingerprint density at radius 1 is 1.12 bits per heavy atom. The van der Waals surface area contributed by atoms with Crippen LogP contribution in [0.5, 0.6) is 11.5 Å². The Labute approximate surface area is 199 Å². The summed E-state index contributed by atoms with van der Waals surface area (Å²) < 4.78 is 5.94. The van der Waals surface area contributed by atoms with Crippen LogP contribution in [0.2, 0.25) is 5.02 Å². The predicted molar refractivity (Wildman–Crippen MR) is 131 cm³/mol. The van der Waals surface area contributed by atoms with E-state index >= 15 is 0 Å². The van der Waals surface area contributed by atoms with Gasteiger partial charge in [-0.2, -0.15) is 0 Å². The molecule has 0 radical (unpaired) electrons. The number of aryl methyl sites for hydroxylation is 2. The normalized spacial score (nSPS) is 13.0. The maximum atomic E-state index is 12.8. The quantitative estimate of drug-likeness (QED) is 0.244. The molecular formula is C24H20ClN3O2S2. The second kappa shape index (κ2) is 9.48. The Hall–Kier alpha value is -2.61. The molecule has 0 atom stereocenters. The number of hydrogen-bond acceptors (Lipinski definition) is 6. The maximum absolute atomic E-state index is 12.8. The van der Waals surface area contributed by atoms with Gasteiger partial charge in [0.2, 0.25) is 5.91 Å². The van der Waals surface area contributed by atoms with E-state index < -0.39 is 0 Å². The number of anilines is 1. The molecule has 2 aromatic carbocycles. The third-order valence-electron chi connectivity index (χ3n) is 5.24. The van der Waals surface area contributed by atoms with Gasteiger partial charge in [-0.3, -0.25) is 4.79 Å². The number of carbonyl (C=O) groups is 1. The highest BCUT2D eigenvalue weighted by atomic mass is 35.5. The Bertz CT molecular complexity index is 1280. The van der Waals surface area contributed by atoms with Crippen LogP contribution in [-0.2, 0) is 17.6 Å². The van der Waals surface area contributed by atoms with E-state index in [4.69, 9.17) is 16.3 Å². The summed E-state index contributed by atoms with van der Waals surface area (Å²) in [7, 11) is 0. The molecule has 1 aliphatic rings. The minimum absolute atomic E-state index is 0.147. The molecule has 0 spiro atoms. The summed E-state index contributed by atoms with van der Waals surface area (Å²) in [4.78, 5) is 24.2. The third kappa shape index (κ3) is 4.60. The zero-order chi connectivity index (χ0) is 21.9. The van der Waals surface area contributed by atoms with Crippen molar-refractivity contribution >= 4 is 56.5 Å². The van der Waals surface area contributed by atoms with Gasteiger partial charge in [-0.05, 0) is 61.6 Å². The van der Waals surface area contributed by atoms with Crippen LogP contribution in [0.1, 0.15) is 23.3 Å². The molecule has 0 unspecified atom stereocenters. The zero-order valence-corrected chi connectivity index (χ0v) is 19.5. The van der Waals surface area contributed by atoms with Crippen molar-refractivity contribution in [2.24, 2.45) is 0 Å². The van der Waals surface area contributed by atoms with Crippen LogP contribution in [-0.4, -0.2) is 21.6 Å². The summed E-state index contributed by atoms with van der Waals surface area (Å²) >= 11 is 9.37. The van der Waals surface area contributed by atoms with Crippen molar-refractivity contribution in [2.75, 3.05) is 11.1 Å². The first-order chi connectivity index (χ1) is 15.7. The van der Waals surface area contributed by atoms with Crippen LogP contribution >= 0.6 is 34.7 Å². The van der Waals surface area contributed by atoms with Gasteiger partial charge in [0.25, 0.3) is 0 Å². The van der Waals surface area contributed by atoms with Crippen molar-refractivity contribution in [1.82, 2.24) is 9.97 Å². The lowest BCUT2D eigenvalue weighted by Gasteiger charge is -2.13. The smallest absolute Gasteiger partial charge is 0.234 e. The fourth-order valence-corrected chi connectivity index (χ4v) is 6.09. The van der Waals surface area contributed by atoms with Crippen molar-refractivity contribution in [3.63, 3.8) is 0 Å². The molecule has 32 heavy (non-hydrogen) atoms. The Morgan fingerprint density at radius 2 is 1.97 bits per heavy atom. The van der Waals surface area contributed by atoms with Crippen LogP contribution in [0.25, 0.3) is 10.2 Å². The molecule has 5 nitrogen and oxygen atoms in total. The monoisotopic (exact) mass is 481 g/mol. The van der Waals surface area contributed by atoms with Gasteiger partial charge in [0.1, 0.15) is 21.9 Å². The maximum Gasteiger partial charge on any atom is 0.234 e. The van der Waals surface area contributed by atoms with Crippen molar-refractivity contribution in [3.8, 4) is 11.5 Å². The van der Waals surface area contributed by atoms with E-state index in [2.05, 4.69) is 15.3 Å². The minimum Gasteiger partial charge on any atom is -0.455 e. The lowest BCUT2D eigenvalue weighted by molar-refractivity contribution is -0.113. The number of aromatic nitrogens is 2. The molecule has 0 bridgehead atoms. The van der Waals surface area contributed by atoms with Gasteiger partial charge in [0.15, 0.2) is 5.75 Å². The number of carbonyl (C=O) groups excluding carboxylic acids is 1. The topological polar surface area (TPSA) is 64.1 Å². The molecule has 0 aliphatic heterocycles. The van der Waals surface area contributed by atoms with Crippen molar-refractivity contribution in [2.45, 2.75) is 30.7 Å². The van der Waals surface area contributed by atoms with Crippen molar-refractivity contribution < 1.29 is 9.53 Å². The second-order valence-corrected chi connectivity index (χ2v) is 9.95. The van der Waals surface area contributed by atoms with Crippen molar-refractivity contribution in [3.05, 3.63) is 70.3 Å². The number of fused-ring (bicyclic) bond motifs is 3. The summed E-state index contributed by atoms with van der Waals surface area (Å²) in [6, 6.07) is 14.6. The van der Waals surface area contributed by atoms with Gasteiger partial charge in [0.05, 0.1) is 11.4 Å². The van der Waals surface area contributed by atoms with E-state index in [1.807, 2.05) is 30.3 Å². The summed E-state index contributed by atoms with van der Waals surface area (Å²) in [6.07, 6.45) is 6.18. The average molecular weight is 482 g/mol. The zero-order valence-electron chi connectivity index (χ0n) is 17.1. The number of ether oxygens (including phenoxy) is 1. The van der Waals surface area contributed by atoms with Crippen LogP contribution in [0.3, 0.4) is 0 Å².